The molecule has 1 aliphatic rings. The highest BCUT2D eigenvalue weighted by atomic mass is 79.9. The van der Waals surface area contributed by atoms with E-state index in [2.05, 4.69) is 21.2 Å². The van der Waals surface area contributed by atoms with Crippen molar-refractivity contribution in [3.05, 3.63) is 38.3 Å². The highest BCUT2D eigenvalue weighted by Gasteiger charge is 2.20. The third kappa shape index (κ3) is 3.55. The van der Waals surface area contributed by atoms with Crippen LogP contribution in [0.3, 0.4) is 0 Å². The number of ether oxygens (including phenoxy) is 1. The van der Waals surface area contributed by atoms with Gasteiger partial charge in [0, 0.05) is 19.2 Å². The first-order chi connectivity index (χ1) is 9.59. The van der Waals surface area contributed by atoms with Gasteiger partial charge in [0.1, 0.15) is 4.47 Å². The quantitative estimate of drug-likeness (QED) is 0.673. The van der Waals surface area contributed by atoms with Gasteiger partial charge in [-0.25, -0.2) is 0 Å². The number of carbonyl (C=O) groups excluding carboxylic acids is 1. The molecule has 1 saturated heterocycles. The molecular formula is C13H15BrN2O4. The standard InChI is InChI=1S/C13H15BrN2O4/c14-12-10(4-1-5-11(12)16(18)19)13(17)15-7-9-3-2-6-20-8-9/h1,4-5,9H,2-3,6-8H2,(H,15,17). The SMILES string of the molecule is O=C(NCC1CCCOC1)c1cccc([N+](=O)[O-])c1Br. The lowest BCUT2D eigenvalue weighted by molar-refractivity contribution is -0.385. The van der Waals surface area contributed by atoms with Crippen molar-refractivity contribution in [2.45, 2.75) is 12.8 Å². The van der Waals surface area contributed by atoms with E-state index in [0.717, 1.165) is 19.4 Å². The number of benzene rings is 1. The maximum Gasteiger partial charge on any atom is 0.284 e. The second kappa shape index (κ2) is 6.81. The van der Waals surface area contributed by atoms with E-state index in [1.807, 2.05) is 0 Å². The molecule has 1 unspecified atom stereocenters. The Labute approximate surface area is 124 Å². The lowest BCUT2D eigenvalue weighted by Gasteiger charge is -2.22. The van der Waals surface area contributed by atoms with Crippen LogP contribution in [0, 0.1) is 16.0 Å². The van der Waals surface area contributed by atoms with E-state index >= 15 is 0 Å². The number of nitrogens with zero attached hydrogens (tertiary/aromatic N) is 1. The van der Waals surface area contributed by atoms with Gasteiger partial charge in [0.05, 0.1) is 17.1 Å². The zero-order chi connectivity index (χ0) is 14.5. The van der Waals surface area contributed by atoms with Gasteiger partial charge in [0.15, 0.2) is 0 Å². The van der Waals surface area contributed by atoms with Crippen LogP contribution in [0.5, 0.6) is 0 Å². The van der Waals surface area contributed by atoms with Crippen LogP contribution in [-0.2, 0) is 4.74 Å². The van der Waals surface area contributed by atoms with Gasteiger partial charge in [0.25, 0.3) is 11.6 Å². The minimum Gasteiger partial charge on any atom is -0.381 e. The first kappa shape index (κ1) is 14.9. The molecule has 1 heterocycles. The molecule has 1 aliphatic heterocycles. The van der Waals surface area contributed by atoms with Gasteiger partial charge >= 0.3 is 0 Å². The Morgan fingerprint density at radius 3 is 3.00 bits per heavy atom. The van der Waals surface area contributed by atoms with Crippen molar-refractivity contribution < 1.29 is 14.5 Å². The van der Waals surface area contributed by atoms with Gasteiger partial charge in [-0.3, -0.25) is 14.9 Å². The lowest BCUT2D eigenvalue weighted by atomic mass is 10.0. The molecule has 20 heavy (non-hydrogen) atoms. The van der Waals surface area contributed by atoms with Crippen molar-refractivity contribution >= 4 is 27.5 Å². The Bertz CT molecular complexity index is 515. The number of halogens is 1. The predicted octanol–water partition coefficient (Wildman–Crippen LogP) is 2.51. The molecule has 0 spiro atoms. The average molecular weight is 343 g/mol. The smallest absolute Gasteiger partial charge is 0.284 e. The van der Waals surface area contributed by atoms with E-state index in [4.69, 9.17) is 4.74 Å². The average Bonchev–Trinajstić information content (AvgIpc) is 2.46. The lowest BCUT2D eigenvalue weighted by Crippen LogP contribution is -2.33. The molecule has 108 valence electrons. The largest absolute Gasteiger partial charge is 0.381 e. The maximum absolute atomic E-state index is 12.1. The Balaban J connectivity index is 2.01. The molecular weight excluding hydrogens is 328 g/mol. The molecule has 0 aromatic heterocycles. The molecule has 1 atom stereocenters. The maximum atomic E-state index is 12.1. The highest BCUT2D eigenvalue weighted by Crippen LogP contribution is 2.28. The fraction of sp³-hybridized carbons (Fsp3) is 0.462. The van der Waals surface area contributed by atoms with E-state index in [-0.39, 0.29) is 21.6 Å². The number of rotatable bonds is 4. The summed E-state index contributed by atoms with van der Waals surface area (Å²) in [5.74, 6) is -0.00341. The van der Waals surface area contributed by atoms with Crippen LogP contribution in [0.15, 0.2) is 22.7 Å². The zero-order valence-corrected chi connectivity index (χ0v) is 12.4. The first-order valence-electron chi connectivity index (χ1n) is 6.38. The van der Waals surface area contributed by atoms with Crippen molar-refractivity contribution in [3.63, 3.8) is 0 Å². The number of nitrogens with one attached hydrogen (secondary N) is 1. The van der Waals surface area contributed by atoms with Crippen LogP contribution in [-0.4, -0.2) is 30.6 Å². The molecule has 1 aromatic rings. The van der Waals surface area contributed by atoms with E-state index in [1.54, 1.807) is 6.07 Å². The summed E-state index contributed by atoms with van der Waals surface area (Å²) >= 11 is 3.12. The van der Waals surface area contributed by atoms with Gasteiger partial charge in [-0.15, -0.1) is 0 Å². The zero-order valence-electron chi connectivity index (χ0n) is 10.8. The Morgan fingerprint density at radius 1 is 1.55 bits per heavy atom. The van der Waals surface area contributed by atoms with Crippen LogP contribution in [0.4, 0.5) is 5.69 Å². The summed E-state index contributed by atoms with van der Waals surface area (Å²) in [5.41, 5.74) is 0.162. The summed E-state index contributed by atoms with van der Waals surface area (Å²) in [5, 5.41) is 13.6. The molecule has 0 saturated carbocycles. The molecule has 1 aromatic carbocycles. The Hall–Kier alpha value is -1.47. The van der Waals surface area contributed by atoms with E-state index in [1.165, 1.54) is 12.1 Å². The van der Waals surface area contributed by atoms with Gasteiger partial charge in [-0.2, -0.15) is 0 Å². The summed E-state index contributed by atoms with van der Waals surface area (Å²) in [6.45, 7) is 1.95. The van der Waals surface area contributed by atoms with E-state index in [9.17, 15) is 14.9 Å². The molecule has 0 radical (unpaired) electrons. The van der Waals surface area contributed by atoms with Crippen LogP contribution in [0.1, 0.15) is 23.2 Å². The summed E-state index contributed by atoms with van der Waals surface area (Å²) in [4.78, 5) is 22.4. The highest BCUT2D eigenvalue weighted by molar-refractivity contribution is 9.10. The van der Waals surface area contributed by atoms with Crippen LogP contribution >= 0.6 is 15.9 Å². The fourth-order valence-corrected chi connectivity index (χ4v) is 2.73. The summed E-state index contributed by atoms with van der Waals surface area (Å²) in [6, 6.07) is 4.42. The van der Waals surface area contributed by atoms with Gasteiger partial charge in [-0.1, -0.05) is 6.07 Å². The molecule has 1 amide bonds. The number of carbonyl (C=O) groups is 1. The fourth-order valence-electron chi connectivity index (χ4n) is 2.14. The molecule has 1 N–H and O–H groups in total. The van der Waals surface area contributed by atoms with Gasteiger partial charge in [-0.05, 0) is 40.8 Å². The topological polar surface area (TPSA) is 81.5 Å². The van der Waals surface area contributed by atoms with Crippen molar-refractivity contribution in [1.82, 2.24) is 5.32 Å². The number of hydrogen-bond donors (Lipinski definition) is 1. The second-order valence-electron chi connectivity index (χ2n) is 4.69. The number of nitro benzene ring substituents is 1. The molecule has 2 rings (SSSR count). The summed E-state index contributed by atoms with van der Waals surface area (Å²) in [6.07, 6.45) is 2.03. The first-order valence-corrected chi connectivity index (χ1v) is 7.17. The molecule has 0 bridgehead atoms. The molecule has 6 nitrogen and oxygen atoms in total. The molecule has 0 aliphatic carbocycles. The van der Waals surface area contributed by atoms with Crippen LogP contribution < -0.4 is 5.32 Å². The number of amides is 1. The van der Waals surface area contributed by atoms with Crippen molar-refractivity contribution in [3.8, 4) is 0 Å². The predicted molar refractivity (Wildman–Crippen MR) is 76.7 cm³/mol. The summed E-state index contributed by atoms with van der Waals surface area (Å²) in [7, 11) is 0. The van der Waals surface area contributed by atoms with Crippen LogP contribution in [0.2, 0.25) is 0 Å². The van der Waals surface area contributed by atoms with Crippen molar-refractivity contribution in [2.24, 2.45) is 5.92 Å². The summed E-state index contributed by atoms with van der Waals surface area (Å²) < 4.78 is 5.56. The minimum atomic E-state index is -0.518. The second-order valence-corrected chi connectivity index (χ2v) is 5.48. The number of nitro groups is 1. The van der Waals surface area contributed by atoms with Crippen molar-refractivity contribution in [2.75, 3.05) is 19.8 Å². The van der Waals surface area contributed by atoms with Crippen molar-refractivity contribution in [1.29, 1.82) is 0 Å². The third-order valence-corrected chi connectivity index (χ3v) is 4.06. The minimum absolute atomic E-state index is 0.112. The molecule has 7 heteroatoms. The third-order valence-electron chi connectivity index (χ3n) is 3.23. The normalized spacial score (nSPS) is 18.6. The van der Waals surface area contributed by atoms with E-state index in [0.29, 0.717) is 19.1 Å². The van der Waals surface area contributed by atoms with Crippen LogP contribution in [0.25, 0.3) is 0 Å². The van der Waals surface area contributed by atoms with Gasteiger partial charge in [0.2, 0.25) is 0 Å². The van der Waals surface area contributed by atoms with Gasteiger partial charge < -0.3 is 10.1 Å². The monoisotopic (exact) mass is 342 g/mol. The number of hydrogen-bond acceptors (Lipinski definition) is 4. The van der Waals surface area contributed by atoms with E-state index < -0.39 is 4.92 Å². The molecule has 1 fully saturated rings. The Morgan fingerprint density at radius 2 is 2.35 bits per heavy atom. The Kier molecular flexibility index (Phi) is 5.08.